The predicted octanol–water partition coefficient (Wildman–Crippen LogP) is 1.76. The molecule has 14 heavy (non-hydrogen) atoms. The third-order valence-electron chi connectivity index (χ3n) is 1.69. The molecule has 1 aromatic heterocycles. The second kappa shape index (κ2) is 4.96. The summed E-state index contributed by atoms with van der Waals surface area (Å²) in [5, 5.41) is 0. The molecule has 78 valence electrons. The highest BCUT2D eigenvalue weighted by molar-refractivity contribution is 5.23. The van der Waals surface area contributed by atoms with E-state index in [1.807, 2.05) is 32.9 Å². The molecule has 0 aliphatic carbocycles. The van der Waals surface area contributed by atoms with Crippen molar-refractivity contribution in [2.24, 2.45) is 5.73 Å². The van der Waals surface area contributed by atoms with Gasteiger partial charge in [0.15, 0.2) is 0 Å². The van der Waals surface area contributed by atoms with Crippen LogP contribution in [0.25, 0.3) is 0 Å². The third kappa shape index (κ3) is 3.75. The fourth-order valence-electron chi connectivity index (χ4n) is 1.24. The minimum atomic E-state index is 0.136. The van der Waals surface area contributed by atoms with E-state index in [-0.39, 0.29) is 12.1 Å². The van der Waals surface area contributed by atoms with Crippen LogP contribution in [0.4, 0.5) is 0 Å². The average Bonchev–Trinajstić information content (AvgIpc) is 2.01. The van der Waals surface area contributed by atoms with E-state index in [0.717, 1.165) is 17.9 Å². The van der Waals surface area contributed by atoms with E-state index < -0.39 is 0 Å². The van der Waals surface area contributed by atoms with Gasteiger partial charge in [-0.1, -0.05) is 0 Å². The Kier molecular flexibility index (Phi) is 3.89. The van der Waals surface area contributed by atoms with Crippen LogP contribution in [0.15, 0.2) is 18.3 Å². The topological polar surface area (TPSA) is 48.1 Å². The Hall–Kier alpha value is -1.09. The molecular formula is C11H18N2O. The number of rotatable bonds is 4. The summed E-state index contributed by atoms with van der Waals surface area (Å²) in [6.07, 6.45) is 2.74. The summed E-state index contributed by atoms with van der Waals surface area (Å²) in [4.78, 5) is 4.23. The van der Waals surface area contributed by atoms with Crippen LogP contribution in [-0.2, 0) is 6.42 Å². The zero-order chi connectivity index (χ0) is 10.6. The number of hydrogen-bond donors (Lipinski definition) is 1. The number of nitrogens with zero attached hydrogens (tertiary/aromatic N) is 1. The quantitative estimate of drug-likeness (QED) is 0.794. The van der Waals surface area contributed by atoms with Crippen molar-refractivity contribution in [3.8, 4) is 5.75 Å². The SMILES string of the molecule is CC(N)Cc1cc(OC(C)C)ccn1. The molecular weight excluding hydrogens is 176 g/mol. The minimum absolute atomic E-state index is 0.136. The van der Waals surface area contributed by atoms with Crippen LogP contribution in [0.1, 0.15) is 26.5 Å². The largest absolute Gasteiger partial charge is 0.491 e. The van der Waals surface area contributed by atoms with E-state index in [0.29, 0.717) is 0 Å². The molecule has 0 bridgehead atoms. The van der Waals surface area contributed by atoms with Gasteiger partial charge in [0, 0.05) is 30.4 Å². The molecule has 0 saturated heterocycles. The number of ether oxygens (including phenoxy) is 1. The second-order valence-corrected chi connectivity index (χ2v) is 3.83. The van der Waals surface area contributed by atoms with Crippen molar-refractivity contribution < 1.29 is 4.74 Å². The molecule has 3 heteroatoms. The lowest BCUT2D eigenvalue weighted by Crippen LogP contribution is -2.18. The Morgan fingerprint density at radius 2 is 2.14 bits per heavy atom. The van der Waals surface area contributed by atoms with Crippen LogP contribution in [0, 0.1) is 0 Å². The van der Waals surface area contributed by atoms with Crippen LogP contribution in [-0.4, -0.2) is 17.1 Å². The van der Waals surface area contributed by atoms with Gasteiger partial charge in [-0.2, -0.15) is 0 Å². The van der Waals surface area contributed by atoms with Crippen molar-refractivity contribution >= 4 is 0 Å². The van der Waals surface area contributed by atoms with Gasteiger partial charge in [0.1, 0.15) is 5.75 Å². The summed E-state index contributed by atoms with van der Waals surface area (Å²) in [5.74, 6) is 0.866. The first-order valence-electron chi connectivity index (χ1n) is 4.95. The van der Waals surface area contributed by atoms with Gasteiger partial charge < -0.3 is 10.5 Å². The molecule has 1 aromatic rings. The highest BCUT2D eigenvalue weighted by atomic mass is 16.5. The van der Waals surface area contributed by atoms with E-state index in [4.69, 9.17) is 10.5 Å². The van der Waals surface area contributed by atoms with Crippen LogP contribution >= 0.6 is 0 Å². The Bertz CT molecular complexity index is 259. The van der Waals surface area contributed by atoms with E-state index in [9.17, 15) is 0 Å². The van der Waals surface area contributed by atoms with Crippen molar-refractivity contribution in [3.05, 3.63) is 24.0 Å². The van der Waals surface area contributed by atoms with Crippen molar-refractivity contribution in [2.75, 3.05) is 0 Å². The number of aromatic nitrogens is 1. The lowest BCUT2D eigenvalue weighted by atomic mass is 10.2. The maximum Gasteiger partial charge on any atom is 0.123 e. The van der Waals surface area contributed by atoms with Gasteiger partial charge in [0.25, 0.3) is 0 Å². The molecule has 1 unspecified atom stereocenters. The Labute approximate surface area is 85.3 Å². The average molecular weight is 194 g/mol. The first-order chi connectivity index (χ1) is 6.58. The normalized spacial score (nSPS) is 12.9. The molecule has 0 saturated carbocycles. The zero-order valence-corrected chi connectivity index (χ0v) is 9.03. The standard InChI is InChI=1S/C11H18N2O/c1-8(2)14-11-4-5-13-10(7-11)6-9(3)12/h4-5,7-9H,6,12H2,1-3H3. The summed E-state index contributed by atoms with van der Waals surface area (Å²) >= 11 is 0. The first kappa shape index (κ1) is 11.0. The van der Waals surface area contributed by atoms with Gasteiger partial charge in [-0.05, 0) is 26.8 Å². The van der Waals surface area contributed by atoms with Crippen LogP contribution < -0.4 is 10.5 Å². The summed E-state index contributed by atoms with van der Waals surface area (Å²) in [7, 11) is 0. The van der Waals surface area contributed by atoms with Gasteiger partial charge in [-0.25, -0.2) is 0 Å². The van der Waals surface area contributed by atoms with Gasteiger partial charge in [-0.15, -0.1) is 0 Å². The fraction of sp³-hybridized carbons (Fsp3) is 0.545. The smallest absolute Gasteiger partial charge is 0.123 e. The summed E-state index contributed by atoms with van der Waals surface area (Å²) < 4.78 is 5.56. The highest BCUT2D eigenvalue weighted by Gasteiger charge is 2.02. The highest BCUT2D eigenvalue weighted by Crippen LogP contribution is 2.13. The van der Waals surface area contributed by atoms with Crippen LogP contribution in [0.2, 0.25) is 0 Å². The summed E-state index contributed by atoms with van der Waals surface area (Å²) in [6.45, 7) is 5.98. The van der Waals surface area contributed by atoms with E-state index in [1.54, 1.807) is 6.20 Å². The number of hydrogen-bond acceptors (Lipinski definition) is 3. The van der Waals surface area contributed by atoms with Gasteiger partial charge in [0.05, 0.1) is 6.10 Å². The maximum absolute atomic E-state index is 5.69. The Morgan fingerprint density at radius 1 is 1.43 bits per heavy atom. The summed E-state index contributed by atoms with van der Waals surface area (Å²) in [5.41, 5.74) is 6.68. The van der Waals surface area contributed by atoms with Gasteiger partial charge >= 0.3 is 0 Å². The van der Waals surface area contributed by atoms with Crippen LogP contribution in [0.5, 0.6) is 5.75 Å². The Morgan fingerprint density at radius 3 is 2.71 bits per heavy atom. The molecule has 0 radical (unpaired) electrons. The van der Waals surface area contributed by atoms with E-state index in [2.05, 4.69) is 4.98 Å². The van der Waals surface area contributed by atoms with Crippen LogP contribution in [0.3, 0.4) is 0 Å². The molecule has 0 aliphatic rings. The molecule has 1 atom stereocenters. The summed E-state index contributed by atoms with van der Waals surface area (Å²) in [6, 6.07) is 3.95. The third-order valence-corrected chi connectivity index (χ3v) is 1.69. The maximum atomic E-state index is 5.69. The van der Waals surface area contributed by atoms with Crippen molar-refractivity contribution in [3.63, 3.8) is 0 Å². The van der Waals surface area contributed by atoms with Gasteiger partial charge in [0.2, 0.25) is 0 Å². The molecule has 3 nitrogen and oxygen atoms in total. The van der Waals surface area contributed by atoms with E-state index in [1.165, 1.54) is 0 Å². The monoisotopic (exact) mass is 194 g/mol. The van der Waals surface area contributed by atoms with Crippen molar-refractivity contribution in [1.29, 1.82) is 0 Å². The molecule has 1 rings (SSSR count). The number of nitrogens with two attached hydrogens (primary N) is 1. The second-order valence-electron chi connectivity index (χ2n) is 3.83. The Balaban J connectivity index is 2.68. The molecule has 2 N–H and O–H groups in total. The van der Waals surface area contributed by atoms with Crippen molar-refractivity contribution in [2.45, 2.75) is 39.3 Å². The predicted molar refractivity (Wildman–Crippen MR) is 57.4 cm³/mol. The fourth-order valence-corrected chi connectivity index (χ4v) is 1.24. The zero-order valence-electron chi connectivity index (χ0n) is 9.03. The lowest BCUT2D eigenvalue weighted by molar-refractivity contribution is 0.242. The lowest BCUT2D eigenvalue weighted by Gasteiger charge is -2.11. The number of pyridine rings is 1. The van der Waals surface area contributed by atoms with Crippen molar-refractivity contribution in [1.82, 2.24) is 4.98 Å². The first-order valence-corrected chi connectivity index (χ1v) is 4.95. The molecule has 0 aromatic carbocycles. The molecule has 0 aliphatic heterocycles. The molecule has 0 amide bonds. The molecule has 0 spiro atoms. The van der Waals surface area contributed by atoms with Gasteiger partial charge in [-0.3, -0.25) is 4.98 Å². The molecule has 1 heterocycles. The molecule has 0 fully saturated rings. The minimum Gasteiger partial charge on any atom is -0.491 e. The van der Waals surface area contributed by atoms with E-state index >= 15 is 0 Å².